The Balaban J connectivity index is 1.36. The Morgan fingerprint density at radius 2 is 1.83 bits per heavy atom. The van der Waals surface area contributed by atoms with E-state index in [2.05, 4.69) is 10.9 Å². The maximum absolute atomic E-state index is 12.5. The van der Waals surface area contributed by atoms with Crippen LogP contribution in [-0.4, -0.2) is 44.6 Å². The van der Waals surface area contributed by atoms with Gasteiger partial charge in [0.1, 0.15) is 19.0 Å². The van der Waals surface area contributed by atoms with E-state index in [1.807, 2.05) is 0 Å². The van der Waals surface area contributed by atoms with Gasteiger partial charge in [0.2, 0.25) is 11.8 Å². The number of carbonyl (C=O) groups is 3. The van der Waals surface area contributed by atoms with Gasteiger partial charge in [0.05, 0.1) is 18.7 Å². The minimum Gasteiger partial charge on any atom is -0.495 e. The van der Waals surface area contributed by atoms with Crippen LogP contribution < -0.4 is 30.0 Å². The van der Waals surface area contributed by atoms with E-state index in [0.717, 1.165) is 0 Å². The highest BCUT2D eigenvalue weighted by molar-refractivity contribution is 6.02. The first-order chi connectivity index (χ1) is 14.6. The van der Waals surface area contributed by atoms with E-state index in [1.54, 1.807) is 42.5 Å². The number of fused-ring (bicyclic) bond motifs is 1. The Bertz CT molecular complexity index is 992. The molecule has 0 radical (unpaired) electrons. The second-order valence-corrected chi connectivity index (χ2v) is 6.88. The summed E-state index contributed by atoms with van der Waals surface area (Å²) in [6.45, 7) is 1.07. The van der Waals surface area contributed by atoms with Gasteiger partial charge in [-0.2, -0.15) is 0 Å². The highest BCUT2D eigenvalue weighted by Crippen LogP contribution is 2.33. The Labute approximate surface area is 172 Å². The molecule has 0 aromatic heterocycles. The predicted molar refractivity (Wildman–Crippen MR) is 106 cm³/mol. The van der Waals surface area contributed by atoms with E-state index in [9.17, 15) is 14.4 Å². The summed E-state index contributed by atoms with van der Waals surface area (Å²) in [6.07, 6.45) is 0.0454. The number of rotatable bonds is 4. The molecule has 0 saturated carbocycles. The molecule has 3 amide bonds. The average Bonchev–Trinajstić information content (AvgIpc) is 3.18. The topological polar surface area (TPSA) is 106 Å². The minimum atomic E-state index is -0.594. The van der Waals surface area contributed by atoms with Crippen molar-refractivity contribution in [1.29, 1.82) is 0 Å². The summed E-state index contributed by atoms with van der Waals surface area (Å²) in [6, 6.07) is 11.9. The third-order valence-corrected chi connectivity index (χ3v) is 4.98. The summed E-state index contributed by atoms with van der Waals surface area (Å²) in [5, 5.41) is 0. The van der Waals surface area contributed by atoms with Gasteiger partial charge in [-0.15, -0.1) is 0 Å². The monoisotopic (exact) mass is 411 g/mol. The number of methoxy groups -OCH3 is 1. The first-order valence-corrected chi connectivity index (χ1v) is 9.50. The highest BCUT2D eigenvalue weighted by Gasteiger charge is 2.36. The first-order valence-electron chi connectivity index (χ1n) is 9.50. The van der Waals surface area contributed by atoms with Gasteiger partial charge < -0.3 is 19.1 Å². The van der Waals surface area contributed by atoms with Crippen LogP contribution in [0.2, 0.25) is 0 Å². The lowest BCUT2D eigenvalue weighted by Gasteiger charge is -2.19. The first kappa shape index (κ1) is 19.6. The molecule has 2 aliphatic heterocycles. The van der Waals surface area contributed by atoms with Gasteiger partial charge in [0.25, 0.3) is 5.91 Å². The van der Waals surface area contributed by atoms with Gasteiger partial charge in [-0.05, 0) is 30.3 Å². The van der Waals surface area contributed by atoms with Crippen molar-refractivity contribution in [2.45, 2.75) is 6.42 Å². The number of anilines is 1. The van der Waals surface area contributed by atoms with Crippen LogP contribution in [-0.2, 0) is 9.59 Å². The molecular weight excluding hydrogens is 390 g/mol. The number of nitrogens with zero attached hydrogens (tertiary/aromatic N) is 1. The average molecular weight is 411 g/mol. The van der Waals surface area contributed by atoms with Crippen molar-refractivity contribution in [3.8, 4) is 17.2 Å². The highest BCUT2D eigenvalue weighted by atomic mass is 16.6. The number of ether oxygens (including phenoxy) is 3. The molecule has 1 unspecified atom stereocenters. The normalized spacial score (nSPS) is 17.4. The molecule has 4 rings (SSSR count). The lowest BCUT2D eigenvalue weighted by molar-refractivity contribution is -0.126. The smallest absolute Gasteiger partial charge is 0.269 e. The number of para-hydroxylation sites is 2. The summed E-state index contributed by atoms with van der Waals surface area (Å²) in [5.74, 6) is -0.103. The van der Waals surface area contributed by atoms with E-state index in [4.69, 9.17) is 14.2 Å². The molecule has 2 heterocycles. The van der Waals surface area contributed by atoms with E-state index < -0.39 is 17.7 Å². The Morgan fingerprint density at radius 3 is 2.63 bits per heavy atom. The van der Waals surface area contributed by atoms with E-state index in [-0.39, 0.29) is 18.9 Å². The molecule has 9 heteroatoms. The second kappa shape index (κ2) is 8.32. The largest absolute Gasteiger partial charge is 0.495 e. The predicted octanol–water partition coefficient (Wildman–Crippen LogP) is 1.28. The van der Waals surface area contributed by atoms with Crippen LogP contribution in [0.3, 0.4) is 0 Å². The molecule has 2 aromatic rings. The molecule has 2 aromatic carbocycles. The SMILES string of the molecule is COc1ccccc1N1CC(C(=O)NNC(=O)c2ccc3c(c2)OCCO3)CC1=O. The second-order valence-electron chi connectivity index (χ2n) is 6.88. The maximum atomic E-state index is 12.5. The molecule has 0 aliphatic carbocycles. The number of amides is 3. The lowest BCUT2D eigenvalue weighted by Crippen LogP contribution is -2.45. The van der Waals surface area contributed by atoms with Crippen LogP contribution in [0.25, 0.3) is 0 Å². The Kier molecular flexibility index (Phi) is 5.42. The van der Waals surface area contributed by atoms with Gasteiger partial charge >= 0.3 is 0 Å². The summed E-state index contributed by atoms with van der Waals surface area (Å²) in [5.41, 5.74) is 5.72. The van der Waals surface area contributed by atoms with Crippen molar-refractivity contribution >= 4 is 23.4 Å². The number of nitrogens with one attached hydrogen (secondary N) is 2. The van der Waals surface area contributed by atoms with E-state index in [0.29, 0.717) is 41.7 Å². The van der Waals surface area contributed by atoms with Crippen molar-refractivity contribution in [3.63, 3.8) is 0 Å². The molecule has 2 N–H and O–H groups in total. The number of carbonyl (C=O) groups excluding carboxylic acids is 3. The van der Waals surface area contributed by atoms with Gasteiger partial charge in [-0.3, -0.25) is 25.2 Å². The standard InChI is InChI=1S/C21H21N3O6/c1-28-16-5-3-2-4-15(16)24-12-14(11-19(24)25)21(27)23-22-20(26)13-6-7-17-18(10-13)30-9-8-29-17/h2-7,10,14H,8-9,11-12H2,1H3,(H,22,26)(H,23,27). The fourth-order valence-corrected chi connectivity index (χ4v) is 3.45. The number of hydrazine groups is 1. The zero-order valence-electron chi connectivity index (χ0n) is 16.3. The minimum absolute atomic E-state index is 0.0454. The lowest BCUT2D eigenvalue weighted by atomic mass is 10.1. The zero-order valence-corrected chi connectivity index (χ0v) is 16.3. The van der Waals surface area contributed by atoms with Gasteiger partial charge in [0.15, 0.2) is 11.5 Å². The Hall–Kier alpha value is -3.75. The van der Waals surface area contributed by atoms with Crippen LogP contribution >= 0.6 is 0 Å². The third kappa shape index (κ3) is 3.86. The van der Waals surface area contributed by atoms with E-state index >= 15 is 0 Å². The van der Waals surface area contributed by atoms with Crippen LogP contribution in [0.15, 0.2) is 42.5 Å². The van der Waals surface area contributed by atoms with Crippen molar-refractivity contribution in [1.82, 2.24) is 10.9 Å². The molecule has 30 heavy (non-hydrogen) atoms. The molecule has 1 fully saturated rings. The molecule has 1 saturated heterocycles. The maximum Gasteiger partial charge on any atom is 0.269 e. The molecule has 2 aliphatic rings. The molecular formula is C21H21N3O6. The zero-order chi connectivity index (χ0) is 21.1. The summed E-state index contributed by atoms with van der Waals surface area (Å²) in [4.78, 5) is 38.8. The number of hydrogen-bond acceptors (Lipinski definition) is 6. The van der Waals surface area contributed by atoms with Gasteiger partial charge in [-0.25, -0.2) is 0 Å². The molecule has 0 bridgehead atoms. The van der Waals surface area contributed by atoms with Crippen molar-refractivity contribution < 1.29 is 28.6 Å². The summed E-state index contributed by atoms with van der Waals surface area (Å²) in [7, 11) is 1.52. The summed E-state index contributed by atoms with van der Waals surface area (Å²) >= 11 is 0. The quantitative estimate of drug-likeness (QED) is 0.735. The van der Waals surface area contributed by atoms with E-state index in [1.165, 1.54) is 12.0 Å². The van der Waals surface area contributed by atoms with Gasteiger partial charge in [0, 0.05) is 18.5 Å². The Morgan fingerprint density at radius 1 is 1.07 bits per heavy atom. The molecule has 9 nitrogen and oxygen atoms in total. The van der Waals surface area contributed by atoms with Crippen LogP contribution in [0.5, 0.6) is 17.2 Å². The molecule has 156 valence electrons. The summed E-state index contributed by atoms with van der Waals surface area (Å²) < 4.78 is 16.2. The fraction of sp³-hybridized carbons (Fsp3) is 0.286. The van der Waals surface area contributed by atoms with Crippen molar-refractivity contribution in [2.24, 2.45) is 5.92 Å². The van der Waals surface area contributed by atoms with Crippen molar-refractivity contribution in [3.05, 3.63) is 48.0 Å². The van der Waals surface area contributed by atoms with Gasteiger partial charge in [-0.1, -0.05) is 12.1 Å². The molecule has 0 spiro atoms. The molecule has 1 atom stereocenters. The fourth-order valence-electron chi connectivity index (χ4n) is 3.45. The van der Waals surface area contributed by atoms with Crippen molar-refractivity contribution in [2.75, 3.05) is 31.8 Å². The van der Waals surface area contributed by atoms with Crippen LogP contribution in [0.4, 0.5) is 5.69 Å². The van der Waals surface area contributed by atoms with Crippen LogP contribution in [0.1, 0.15) is 16.8 Å². The number of hydrogen-bond donors (Lipinski definition) is 2. The third-order valence-electron chi connectivity index (χ3n) is 4.98. The number of benzene rings is 2. The van der Waals surface area contributed by atoms with Crippen LogP contribution in [0, 0.1) is 5.92 Å².